The monoisotopic (exact) mass is 273 g/mol. The number of rotatable bonds is 4. The normalized spacial score (nSPS) is 11.9. The first-order valence-corrected chi connectivity index (χ1v) is 7.00. The van der Waals surface area contributed by atoms with Crippen LogP contribution in [0.5, 0.6) is 5.75 Å². The Kier molecular flexibility index (Phi) is 4.12. The number of nitrogens with zero attached hydrogens (tertiary/aromatic N) is 3. The Balaban J connectivity index is 2.18. The van der Waals surface area contributed by atoms with Crippen LogP contribution >= 0.6 is 0 Å². The average molecular weight is 273 g/mol. The van der Waals surface area contributed by atoms with E-state index in [1.54, 1.807) is 6.33 Å². The Hall–Kier alpha value is -1.84. The van der Waals surface area contributed by atoms with Crippen molar-refractivity contribution < 1.29 is 4.74 Å². The maximum absolute atomic E-state index is 5.98. The molecular formula is C16H23N3O. The number of hydrogen-bond donors (Lipinski definition) is 0. The largest absolute Gasteiger partial charge is 0.485 e. The van der Waals surface area contributed by atoms with E-state index in [2.05, 4.69) is 50.8 Å². The minimum absolute atomic E-state index is 0.0579. The second-order valence-corrected chi connectivity index (χ2v) is 6.25. The summed E-state index contributed by atoms with van der Waals surface area (Å²) >= 11 is 0. The molecule has 1 aromatic heterocycles. The molecule has 0 aliphatic carbocycles. The number of benzene rings is 1. The van der Waals surface area contributed by atoms with Gasteiger partial charge in [0.05, 0.1) is 0 Å². The van der Waals surface area contributed by atoms with E-state index in [0.29, 0.717) is 6.61 Å². The highest BCUT2D eigenvalue weighted by Crippen LogP contribution is 2.31. The fourth-order valence-electron chi connectivity index (χ4n) is 2.16. The van der Waals surface area contributed by atoms with Crippen molar-refractivity contribution in [2.45, 2.75) is 52.7 Å². The molecule has 0 radical (unpaired) electrons. The van der Waals surface area contributed by atoms with E-state index in [0.717, 1.165) is 11.6 Å². The predicted molar refractivity (Wildman–Crippen MR) is 79.9 cm³/mol. The lowest BCUT2D eigenvalue weighted by Gasteiger charge is -2.22. The molecule has 0 spiro atoms. The van der Waals surface area contributed by atoms with E-state index in [-0.39, 0.29) is 11.5 Å². The van der Waals surface area contributed by atoms with Crippen LogP contribution in [0.25, 0.3) is 0 Å². The van der Waals surface area contributed by atoms with Crippen molar-refractivity contribution in [1.82, 2.24) is 14.8 Å². The molecule has 0 aliphatic rings. The van der Waals surface area contributed by atoms with Gasteiger partial charge in [0, 0.05) is 6.04 Å². The molecule has 2 aromatic rings. The standard InChI is InChI=1S/C16H23N3O/c1-12(2)19-15(17-11-18-19)10-20-14-9-7-6-8-13(14)16(3,4)5/h6-9,11-12H,10H2,1-5H3. The number of hydrogen-bond acceptors (Lipinski definition) is 3. The van der Waals surface area contributed by atoms with Gasteiger partial charge in [-0.3, -0.25) is 0 Å². The maximum Gasteiger partial charge on any atom is 0.165 e. The van der Waals surface area contributed by atoms with Crippen LogP contribution in [0.15, 0.2) is 30.6 Å². The minimum atomic E-state index is 0.0579. The summed E-state index contributed by atoms with van der Waals surface area (Å²) in [5.41, 5.74) is 1.26. The van der Waals surface area contributed by atoms with Crippen molar-refractivity contribution in [3.05, 3.63) is 42.0 Å². The highest BCUT2D eigenvalue weighted by molar-refractivity contribution is 5.38. The van der Waals surface area contributed by atoms with Gasteiger partial charge in [-0.1, -0.05) is 39.0 Å². The smallest absolute Gasteiger partial charge is 0.165 e. The molecule has 2 rings (SSSR count). The van der Waals surface area contributed by atoms with Crippen molar-refractivity contribution in [1.29, 1.82) is 0 Å². The highest BCUT2D eigenvalue weighted by Gasteiger charge is 2.19. The van der Waals surface area contributed by atoms with Gasteiger partial charge >= 0.3 is 0 Å². The summed E-state index contributed by atoms with van der Waals surface area (Å²) in [7, 11) is 0. The van der Waals surface area contributed by atoms with Gasteiger partial charge in [-0.05, 0) is 30.9 Å². The molecule has 0 saturated carbocycles. The Labute approximate surface area is 120 Å². The zero-order valence-corrected chi connectivity index (χ0v) is 12.9. The summed E-state index contributed by atoms with van der Waals surface area (Å²) in [6, 6.07) is 8.45. The quantitative estimate of drug-likeness (QED) is 0.852. The molecule has 0 N–H and O–H groups in total. The van der Waals surface area contributed by atoms with Crippen LogP contribution < -0.4 is 4.74 Å². The summed E-state index contributed by atoms with van der Waals surface area (Å²) in [5, 5.41) is 4.22. The van der Waals surface area contributed by atoms with Crippen molar-refractivity contribution >= 4 is 0 Å². The Morgan fingerprint density at radius 3 is 2.55 bits per heavy atom. The lowest BCUT2D eigenvalue weighted by atomic mass is 9.86. The van der Waals surface area contributed by atoms with Crippen LogP contribution in [0.1, 0.15) is 52.0 Å². The molecule has 1 heterocycles. The molecule has 4 nitrogen and oxygen atoms in total. The SMILES string of the molecule is CC(C)n1ncnc1COc1ccccc1C(C)(C)C. The van der Waals surface area contributed by atoms with E-state index < -0.39 is 0 Å². The highest BCUT2D eigenvalue weighted by atomic mass is 16.5. The van der Waals surface area contributed by atoms with Gasteiger partial charge in [0.25, 0.3) is 0 Å². The van der Waals surface area contributed by atoms with E-state index in [1.807, 2.05) is 22.9 Å². The third kappa shape index (κ3) is 3.18. The lowest BCUT2D eigenvalue weighted by Crippen LogP contribution is -2.15. The molecule has 0 aliphatic heterocycles. The average Bonchev–Trinajstić information content (AvgIpc) is 2.84. The van der Waals surface area contributed by atoms with Crippen LogP contribution in [0.3, 0.4) is 0 Å². The Morgan fingerprint density at radius 1 is 1.20 bits per heavy atom. The molecular weight excluding hydrogens is 250 g/mol. The second kappa shape index (κ2) is 5.65. The molecule has 108 valence electrons. The molecule has 0 atom stereocenters. The van der Waals surface area contributed by atoms with Gasteiger partial charge in [0.2, 0.25) is 0 Å². The Bertz CT molecular complexity index is 567. The summed E-state index contributed by atoms with van der Waals surface area (Å²) in [4.78, 5) is 4.27. The predicted octanol–water partition coefficient (Wildman–Crippen LogP) is 3.74. The number of aromatic nitrogens is 3. The molecule has 0 bridgehead atoms. The zero-order chi connectivity index (χ0) is 14.8. The second-order valence-electron chi connectivity index (χ2n) is 6.25. The maximum atomic E-state index is 5.98. The molecule has 0 fully saturated rings. The number of ether oxygens (including phenoxy) is 1. The summed E-state index contributed by atoms with van der Waals surface area (Å²) in [6.45, 7) is 11.2. The van der Waals surface area contributed by atoms with Crippen molar-refractivity contribution in [3.8, 4) is 5.75 Å². The molecule has 20 heavy (non-hydrogen) atoms. The fraction of sp³-hybridized carbons (Fsp3) is 0.500. The van der Waals surface area contributed by atoms with Gasteiger partial charge in [-0.2, -0.15) is 5.10 Å². The van der Waals surface area contributed by atoms with E-state index in [4.69, 9.17) is 4.74 Å². The van der Waals surface area contributed by atoms with E-state index in [1.165, 1.54) is 5.56 Å². The van der Waals surface area contributed by atoms with Crippen LogP contribution in [0, 0.1) is 0 Å². The first-order valence-electron chi connectivity index (χ1n) is 7.00. The molecule has 0 amide bonds. The van der Waals surface area contributed by atoms with Gasteiger partial charge in [-0.15, -0.1) is 0 Å². The number of para-hydroxylation sites is 1. The fourth-order valence-corrected chi connectivity index (χ4v) is 2.16. The molecule has 4 heteroatoms. The third-order valence-electron chi connectivity index (χ3n) is 3.19. The minimum Gasteiger partial charge on any atom is -0.485 e. The van der Waals surface area contributed by atoms with Gasteiger partial charge < -0.3 is 4.74 Å². The molecule has 0 unspecified atom stereocenters. The van der Waals surface area contributed by atoms with Crippen molar-refractivity contribution in [2.24, 2.45) is 0 Å². The van der Waals surface area contributed by atoms with Crippen molar-refractivity contribution in [3.63, 3.8) is 0 Å². The molecule has 0 saturated heterocycles. The first kappa shape index (κ1) is 14.6. The van der Waals surface area contributed by atoms with Gasteiger partial charge in [0.1, 0.15) is 18.7 Å². The summed E-state index contributed by atoms with van der Waals surface area (Å²) < 4.78 is 7.86. The Morgan fingerprint density at radius 2 is 1.90 bits per heavy atom. The zero-order valence-electron chi connectivity index (χ0n) is 12.9. The first-order chi connectivity index (χ1) is 9.39. The molecule has 1 aromatic carbocycles. The van der Waals surface area contributed by atoms with Crippen LogP contribution in [0.2, 0.25) is 0 Å². The van der Waals surface area contributed by atoms with Crippen LogP contribution in [-0.4, -0.2) is 14.8 Å². The topological polar surface area (TPSA) is 39.9 Å². The van der Waals surface area contributed by atoms with E-state index >= 15 is 0 Å². The van der Waals surface area contributed by atoms with Gasteiger partial charge in [-0.25, -0.2) is 9.67 Å². The van der Waals surface area contributed by atoms with Crippen LogP contribution in [0.4, 0.5) is 0 Å². The van der Waals surface area contributed by atoms with Gasteiger partial charge in [0.15, 0.2) is 5.82 Å². The third-order valence-corrected chi connectivity index (χ3v) is 3.19. The van der Waals surface area contributed by atoms with E-state index in [9.17, 15) is 0 Å². The van der Waals surface area contributed by atoms with Crippen LogP contribution in [-0.2, 0) is 12.0 Å². The summed E-state index contributed by atoms with van der Waals surface area (Å²) in [6.07, 6.45) is 1.58. The summed E-state index contributed by atoms with van der Waals surface area (Å²) in [5.74, 6) is 1.77. The van der Waals surface area contributed by atoms with Crippen molar-refractivity contribution in [2.75, 3.05) is 0 Å². The lowest BCUT2D eigenvalue weighted by molar-refractivity contribution is 0.275.